The molecule has 0 aliphatic carbocycles. The molecule has 1 aromatic carbocycles. The molecule has 0 atom stereocenters. The lowest BCUT2D eigenvalue weighted by atomic mass is 9.96. The predicted molar refractivity (Wildman–Crippen MR) is 112 cm³/mol. The van der Waals surface area contributed by atoms with E-state index in [0.717, 1.165) is 23.7 Å². The van der Waals surface area contributed by atoms with E-state index >= 15 is 0 Å². The highest BCUT2D eigenvalue weighted by Crippen LogP contribution is 2.29. The van der Waals surface area contributed by atoms with Crippen LogP contribution in [0.3, 0.4) is 0 Å². The van der Waals surface area contributed by atoms with Gasteiger partial charge in [0.2, 0.25) is 0 Å². The summed E-state index contributed by atoms with van der Waals surface area (Å²) in [6.07, 6.45) is 2.90. The minimum atomic E-state index is -0.417. The van der Waals surface area contributed by atoms with Crippen LogP contribution in [0.15, 0.2) is 30.5 Å². The number of para-hydroxylation sites is 1. The first kappa shape index (κ1) is 19.6. The summed E-state index contributed by atoms with van der Waals surface area (Å²) in [6.45, 7) is 3.72. The van der Waals surface area contributed by atoms with Gasteiger partial charge in [-0.1, -0.05) is 29.8 Å². The highest BCUT2D eigenvalue weighted by molar-refractivity contribution is 6.38. The highest BCUT2D eigenvalue weighted by Gasteiger charge is 2.27. The van der Waals surface area contributed by atoms with Crippen LogP contribution in [-0.2, 0) is 0 Å². The van der Waals surface area contributed by atoms with Gasteiger partial charge in [-0.3, -0.25) is 4.79 Å². The Labute approximate surface area is 173 Å². The molecule has 29 heavy (non-hydrogen) atoms. The van der Waals surface area contributed by atoms with Crippen LogP contribution >= 0.6 is 11.6 Å². The third-order valence-electron chi connectivity index (χ3n) is 5.50. The molecular weight excluding hydrogens is 393 g/mol. The van der Waals surface area contributed by atoms with E-state index in [1.807, 2.05) is 41.1 Å². The summed E-state index contributed by atoms with van der Waals surface area (Å²) in [5, 5.41) is 1.33. The van der Waals surface area contributed by atoms with Gasteiger partial charge >= 0.3 is 0 Å². The Balaban J connectivity index is 1.39. The lowest BCUT2D eigenvalue weighted by molar-refractivity contribution is 0.0688. The SMILES string of the molecule is Cc1ncc(F)c(N(C)CC2CCN(C(=O)c3[nH]c4ccccc4c3Cl)CC2)n1. The van der Waals surface area contributed by atoms with E-state index in [1.165, 1.54) is 6.20 Å². The summed E-state index contributed by atoms with van der Waals surface area (Å²) in [6, 6.07) is 7.63. The van der Waals surface area contributed by atoms with Crippen molar-refractivity contribution in [3.8, 4) is 0 Å². The van der Waals surface area contributed by atoms with Crippen molar-refractivity contribution in [2.75, 3.05) is 31.6 Å². The van der Waals surface area contributed by atoms with Crippen LogP contribution in [0, 0.1) is 18.7 Å². The Hall–Kier alpha value is -2.67. The largest absolute Gasteiger partial charge is 0.357 e. The minimum Gasteiger partial charge on any atom is -0.357 e. The van der Waals surface area contributed by atoms with E-state index in [1.54, 1.807) is 6.92 Å². The maximum Gasteiger partial charge on any atom is 0.271 e. The van der Waals surface area contributed by atoms with Crippen molar-refractivity contribution in [1.29, 1.82) is 0 Å². The van der Waals surface area contributed by atoms with Crippen LogP contribution in [0.1, 0.15) is 29.2 Å². The number of amides is 1. The van der Waals surface area contributed by atoms with E-state index in [9.17, 15) is 9.18 Å². The molecule has 152 valence electrons. The second-order valence-electron chi connectivity index (χ2n) is 7.56. The third-order valence-corrected chi connectivity index (χ3v) is 5.89. The van der Waals surface area contributed by atoms with Gasteiger partial charge in [0.1, 0.15) is 11.5 Å². The summed E-state index contributed by atoms with van der Waals surface area (Å²) >= 11 is 6.43. The molecule has 0 bridgehead atoms. The Morgan fingerprint density at radius 2 is 2.07 bits per heavy atom. The second-order valence-corrected chi connectivity index (χ2v) is 7.94. The second kappa shape index (κ2) is 7.99. The molecular formula is C21H23ClFN5O. The van der Waals surface area contributed by atoms with E-state index in [2.05, 4.69) is 15.0 Å². The minimum absolute atomic E-state index is 0.0736. The first-order valence-corrected chi connectivity index (χ1v) is 10.1. The average molecular weight is 416 g/mol. The molecule has 8 heteroatoms. The van der Waals surface area contributed by atoms with E-state index in [0.29, 0.717) is 47.9 Å². The molecule has 1 fully saturated rings. The number of nitrogens with one attached hydrogen (secondary N) is 1. The number of rotatable bonds is 4. The third kappa shape index (κ3) is 3.92. The smallest absolute Gasteiger partial charge is 0.271 e. The number of aromatic nitrogens is 3. The van der Waals surface area contributed by atoms with Crippen LogP contribution in [0.4, 0.5) is 10.2 Å². The Morgan fingerprint density at radius 1 is 1.34 bits per heavy atom. The average Bonchev–Trinajstić information content (AvgIpc) is 3.06. The molecule has 0 radical (unpaired) electrons. The number of anilines is 1. The number of hydrogen-bond donors (Lipinski definition) is 1. The lowest BCUT2D eigenvalue weighted by Gasteiger charge is -2.34. The lowest BCUT2D eigenvalue weighted by Crippen LogP contribution is -2.41. The van der Waals surface area contributed by atoms with Crippen molar-refractivity contribution >= 4 is 34.2 Å². The molecule has 4 rings (SSSR count). The highest BCUT2D eigenvalue weighted by atomic mass is 35.5. The number of carbonyl (C=O) groups is 1. The standard InChI is InChI=1S/C21H23ClFN5O/c1-13-24-11-16(23)20(25-13)27(2)12-14-7-9-28(10-8-14)21(29)19-18(22)15-5-3-4-6-17(15)26-19/h3-6,11,14,26H,7-10,12H2,1-2H3. The van der Waals surface area contributed by atoms with Crippen molar-refractivity contribution in [2.24, 2.45) is 5.92 Å². The van der Waals surface area contributed by atoms with Gasteiger partial charge in [-0.25, -0.2) is 14.4 Å². The molecule has 1 aliphatic heterocycles. The van der Waals surface area contributed by atoms with Gasteiger partial charge in [0, 0.05) is 37.6 Å². The number of aromatic amines is 1. The number of carbonyl (C=O) groups excluding carboxylic acids is 1. The summed E-state index contributed by atoms with van der Waals surface area (Å²) in [5.41, 5.74) is 1.31. The zero-order chi connectivity index (χ0) is 20.5. The Bertz CT molecular complexity index is 1040. The zero-order valence-electron chi connectivity index (χ0n) is 16.5. The first-order chi connectivity index (χ1) is 13.9. The Morgan fingerprint density at radius 3 is 2.79 bits per heavy atom. The number of hydrogen-bond acceptors (Lipinski definition) is 4. The maximum absolute atomic E-state index is 14.0. The van der Waals surface area contributed by atoms with Crippen LogP contribution in [-0.4, -0.2) is 52.4 Å². The maximum atomic E-state index is 14.0. The van der Waals surface area contributed by atoms with E-state index < -0.39 is 5.82 Å². The molecule has 0 unspecified atom stereocenters. The molecule has 1 saturated heterocycles. The van der Waals surface area contributed by atoms with E-state index in [-0.39, 0.29) is 5.91 Å². The molecule has 3 heterocycles. The van der Waals surface area contributed by atoms with Crippen molar-refractivity contribution in [2.45, 2.75) is 19.8 Å². The normalized spacial score (nSPS) is 15.1. The molecule has 2 aromatic heterocycles. The van der Waals surface area contributed by atoms with Gasteiger partial charge in [0.25, 0.3) is 5.91 Å². The van der Waals surface area contributed by atoms with Gasteiger partial charge in [0.15, 0.2) is 11.6 Å². The van der Waals surface area contributed by atoms with Gasteiger partial charge in [-0.15, -0.1) is 0 Å². The molecule has 6 nitrogen and oxygen atoms in total. The zero-order valence-corrected chi connectivity index (χ0v) is 17.2. The fraction of sp³-hybridized carbons (Fsp3) is 0.381. The number of H-pyrrole nitrogens is 1. The van der Waals surface area contributed by atoms with Crippen molar-refractivity contribution in [3.63, 3.8) is 0 Å². The van der Waals surface area contributed by atoms with E-state index in [4.69, 9.17) is 11.6 Å². The number of fused-ring (bicyclic) bond motifs is 1. The van der Waals surface area contributed by atoms with Crippen molar-refractivity contribution in [1.82, 2.24) is 19.9 Å². The fourth-order valence-electron chi connectivity index (χ4n) is 3.92. The predicted octanol–water partition coefficient (Wildman–Crippen LogP) is 4.05. The molecule has 0 spiro atoms. The summed E-state index contributed by atoms with van der Waals surface area (Å²) in [4.78, 5) is 27.9. The molecule has 0 saturated carbocycles. The van der Waals surface area contributed by atoms with Crippen LogP contribution in [0.2, 0.25) is 5.02 Å². The quantitative estimate of drug-likeness (QED) is 0.698. The molecule has 3 aromatic rings. The molecule has 1 amide bonds. The number of piperidine rings is 1. The van der Waals surface area contributed by atoms with Gasteiger partial charge in [-0.2, -0.15) is 0 Å². The van der Waals surface area contributed by atoms with Crippen molar-refractivity contribution < 1.29 is 9.18 Å². The van der Waals surface area contributed by atoms with Crippen LogP contribution in [0.25, 0.3) is 10.9 Å². The topological polar surface area (TPSA) is 65.1 Å². The number of benzene rings is 1. The molecule has 1 N–H and O–H groups in total. The summed E-state index contributed by atoms with van der Waals surface area (Å²) < 4.78 is 14.0. The molecule has 1 aliphatic rings. The van der Waals surface area contributed by atoms with Gasteiger partial charge < -0.3 is 14.8 Å². The number of aryl methyl sites for hydroxylation is 1. The number of halogens is 2. The fourth-order valence-corrected chi connectivity index (χ4v) is 4.21. The first-order valence-electron chi connectivity index (χ1n) is 9.69. The van der Waals surface area contributed by atoms with Crippen LogP contribution in [0.5, 0.6) is 0 Å². The number of nitrogens with zero attached hydrogens (tertiary/aromatic N) is 4. The van der Waals surface area contributed by atoms with Gasteiger partial charge in [0.05, 0.1) is 11.2 Å². The summed E-state index contributed by atoms with van der Waals surface area (Å²) in [5.74, 6) is 0.733. The summed E-state index contributed by atoms with van der Waals surface area (Å²) in [7, 11) is 1.84. The Kier molecular flexibility index (Phi) is 5.41. The van der Waals surface area contributed by atoms with Crippen molar-refractivity contribution in [3.05, 3.63) is 52.8 Å². The van der Waals surface area contributed by atoms with Gasteiger partial charge in [-0.05, 0) is 31.7 Å². The van der Waals surface area contributed by atoms with Crippen LogP contribution < -0.4 is 4.90 Å². The monoisotopic (exact) mass is 415 g/mol. The number of likely N-dealkylation sites (tertiary alicyclic amines) is 1.